The summed E-state index contributed by atoms with van der Waals surface area (Å²) in [6.45, 7) is 3.99. The van der Waals surface area contributed by atoms with Gasteiger partial charge in [0.25, 0.3) is 0 Å². The van der Waals surface area contributed by atoms with Gasteiger partial charge in [0, 0.05) is 13.6 Å². The summed E-state index contributed by atoms with van der Waals surface area (Å²) in [6, 6.07) is 3.73. The smallest absolute Gasteiger partial charge is 0.337 e. The fourth-order valence-electron chi connectivity index (χ4n) is 1.49. The Morgan fingerprint density at radius 3 is 2.61 bits per heavy atom. The lowest BCUT2D eigenvalue weighted by atomic mass is 10.1. The maximum Gasteiger partial charge on any atom is 0.337 e. The van der Waals surface area contributed by atoms with E-state index < -0.39 is 16.0 Å². The molecule has 3 N–H and O–H groups in total. The zero-order valence-electron chi connectivity index (χ0n) is 9.83. The largest absolute Gasteiger partial charge is 0.478 e. The van der Waals surface area contributed by atoms with E-state index in [4.69, 9.17) is 10.2 Å². The Morgan fingerprint density at radius 2 is 2.17 bits per heavy atom. The van der Waals surface area contributed by atoms with Crippen LogP contribution in [0.1, 0.15) is 10.4 Å². The number of nitrogens with zero attached hydrogens (tertiary/aromatic N) is 1. The lowest BCUT2D eigenvalue weighted by molar-refractivity contribution is 0.0697. The summed E-state index contributed by atoms with van der Waals surface area (Å²) in [5.74, 6) is -1.22. The van der Waals surface area contributed by atoms with Gasteiger partial charge in [-0.05, 0) is 18.2 Å². The number of benzene rings is 1. The molecule has 0 saturated heterocycles. The lowest BCUT2D eigenvalue weighted by Gasteiger charge is -2.19. The quantitative estimate of drug-likeness (QED) is 0.765. The molecule has 0 spiro atoms. The maximum absolute atomic E-state index is 11.2. The molecule has 0 atom stereocenters. The van der Waals surface area contributed by atoms with Gasteiger partial charge in [0.2, 0.25) is 10.0 Å². The van der Waals surface area contributed by atoms with Gasteiger partial charge in [-0.15, -0.1) is 6.58 Å². The van der Waals surface area contributed by atoms with Gasteiger partial charge in [-0.2, -0.15) is 0 Å². The summed E-state index contributed by atoms with van der Waals surface area (Å²) in [5, 5.41) is 14.0. The Morgan fingerprint density at radius 1 is 1.56 bits per heavy atom. The molecule has 1 rings (SSSR count). The fourth-order valence-corrected chi connectivity index (χ4v) is 2.03. The van der Waals surface area contributed by atoms with E-state index >= 15 is 0 Å². The summed E-state index contributed by atoms with van der Waals surface area (Å²) < 4.78 is 22.3. The molecule has 0 saturated carbocycles. The van der Waals surface area contributed by atoms with Crippen molar-refractivity contribution in [2.24, 2.45) is 5.14 Å². The number of likely N-dealkylation sites (N-methyl/N-ethyl adjacent to an activating group) is 1. The highest BCUT2D eigenvalue weighted by Crippen LogP contribution is 2.23. The van der Waals surface area contributed by atoms with Crippen molar-refractivity contribution in [3.63, 3.8) is 0 Å². The van der Waals surface area contributed by atoms with Crippen molar-refractivity contribution in [2.75, 3.05) is 18.5 Å². The third-order valence-electron chi connectivity index (χ3n) is 2.34. The molecule has 0 aromatic heterocycles. The van der Waals surface area contributed by atoms with Crippen LogP contribution < -0.4 is 10.0 Å². The summed E-state index contributed by atoms with van der Waals surface area (Å²) in [5.41, 5.74) is 0.278. The van der Waals surface area contributed by atoms with Crippen LogP contribution in [0.5, 0.6) is 0 Å². The van der Waals surface area contributed by atoms with Gasteiger partial charge < -0.3 is 10.0 Å². The van der Waals surface area contributed by atoms with Crippen LogP contribution in [0.4, 0.5) is 5.69 Å². The van der Waals surface area contributed by atoms with Crippen molar-refractivity contribution in [1.29, 1.82) is 0 Å². The number of sulfonamides is 1. The van der Waals surface area contributed by atoms with Crippen LogP contribution in [-0.2, 0) is 10.0 Å². The van der Waals surface area contributed by atoms with E-state index in [0.717, 1.165) is 6.07 Å². The first-order valence-corrected chi connectivity index (χ1v) is 6.54. The van der Waals surface area contributed by atoms with Crippen LogP contribution in [0, 0.1) is 0 Å². The van der Waals surface area contributed by atoms with E-state index in [-0.39, 0.29) is 10.5 Å². The molecule has 0 fully saturated rings. The minimum atomic E-state index is -3.92. The van der Waals surface area contributed by atoms with Crippen LogP contribution in [-0.4, -0.2) is 33.1 Å². The maximum atomic E-state index is 11.2. The Labute approximate surface area is 105 Å². The zero-order chi connectivity index (χ0) is 13.9. The van der Waals surface area contributed by atoms with Gasteiger partial charge in [0.15, 0.2) is 0 Å². The van der Waals surface area contributed by atoms with Crippen LogP contribution in [0.25, 0.3) is 0 Å². The highest BCUT2D eigenvalue weighted by Gasteiger charge is 2.17. The zero-order valence-corrected chi connectivity index (χ0v) is 10.6. The van der Waals surface area contributed by atoms with E-state index in [1.807, 2.05) is 0 Å². The van der Waals surface area contributed by atoms with Crippen molar-refractivity contribution in [3.8, 4) is 0 Å². The second-order valence-corrected chi connectivity index (χ2v) is 5.26. The average Bonchev–Trinajstić information content (AvgIpc) is 2.27. The van der Waals surface area contributed by atoms with Crippen molar-refractivity contribution >= 4 is 21.7 Å². The number of primary sulfonamides is 1. The Hall–Kier alpha value is -1.86. The van der Waals surface area contributed by atoms with Gasteiger partial charge in [-0.1, -0.05) is 6.08 Å². The second kappa shape index (κ2) is 5.19. The number of aromatic carboxylic acids is 1. The number of rotatable bonds is 5. The lowest BCUT2D eigenvalue weighted by Crippen LogP contribution is -2.21. The fraction of sp³-hybridized carbons (Fsp3) is 0.182. The molecular formula is C11H14N2O4S. The first kappa shape index (κ1) is 14.2. The normalized spacial score (nSPS) is 11.0. The molecule has 1 aromatic carbocycles. The molecule has 0 heterocycles. The van der Waals surface area contributed by atoms with Gasteiger partial charge in [0.1, 0.15) is 0 Å². The van der Waals surface area contributed by atoms with E-state index in [2.05, 4.69) is 6.58 Å². The topological polar surface area (TPSA) is 101 Å². The minimum Gasteiger partial charge on any atom is -0.478 e. The SMILES string of the molecule is C=CCN(C)c1ccc(S(N)(=O)=O)cc1C(=O)O. The molecule has 0 bridgehead atoms. The summed E-state index contributed by atoms with van der Waals surface area (Å²) in [4.78, 5) is 12.5. The average molecular weight is 270 g/mol. The van der Waals surface area contributed by atoms with Crippen LogP contribution >= 0.6 is 0 Å². The monoisotopic (exact) mass is 270 g/mol. The minimum absolute atomic E-state index is 0.120. The summed E-state index contributed by atoms with van der Waals surface area (Å²) in [6.07, 6.45) is 1.61. The number of hydrogen-bond acceptors (Lipinski definition) is 4. The number of hydrogen-bond donors (Lipinski definition) is 2. The standard InChI is InChI=1S/C11H14N2O4S/c1-3-6-13(2)10-5-4-8(18(12,16)17)7-9(10)11(14)15/h3-5,7H,1,6H2,2H3,(H,14,15)(H2,12,16,17). The Kier molecular flexibility index (Phi) is 4.10. The number of carboxylic acids is 1. The first-order valence-electron chi connectivity index (χ1n) is 4.99. The van der Waals surface area contributed by atoms with Crippen LogP contribution in [0.15, 0.2) is 35.7 Å². The predicted octanol–water partition coefficient (Wildman–Crippen LogP) is 0.654. The molecule has 18 heavy (non-hydrogen) atoms. The Bertz CT molecular complexity index is 581. The molecule has 0 aliphatic rings. The highest BCUT2D eigenvalue weighted by molar-refractivity contribution is 7.89. The van der Waals surface area contributed by atoms with Gasteiger partial charge in [-0.25, -0.2) is 18.4 Å². The molecule has 0 amide bonds. The summed E-state index contributed by atoms with van der Waals surface area (Å²) in [7, 11) is -2.23. The van der Waals surface area contributed by atoms with E-state index in [9.17, 15) is 13.2 Å². The molecular weight excluding hydrogens is 256 g/mol. The molecule has 0 unspecified atom stereocenters. The first-order chi connectivity index (χ1) is 8.27. The molecule has 7 heteroatoms. The second-order valence-electron chi connectivity index (χ2n) is 3.70. The number of carboxylic acid groups (broad SMARTS) is 1. The Balaban J connectivity index is 3.38. The third kappa shape index (κ3) is 3.08. The van der Waals surface area contributed by atoms with Gasteiger partial charge >= 0.3 is 5.97 Å². The molecule has 1 aromatic rings. The number of nitrogens with two attached hydrogens (primary N) is 1. The van der Waals surface area contributed by atoms with Crippen LogP contribution in [0.2, 0.25) is 0 Å². The predicted molar refractivity (Wildman–Crippen MR) is 68.2 cm³/mol. The third-order valence-corrected chi connectivity index (χ3v) is 3.25. The van der Waals surface area contributed by atoms with E-state index in [0.29, 0.717) is 12.2 Å². The van der Waals surface area contributed by atoms with Crippen molar-refractivity contribution in [2.45, 2.75) is 4.90 Å². The van der Waals surface area contributed by atoms with Crippen molar-refractivity contribution < 1.29 is 18.3 Å². The van der Waals surface area contributed by atoms with Crippen LogP contribution in [0.3, 0.4) is 0 Å². The van der Waals surface area contributed by atoms with E-state index in [1.54, 1.807) is 18.0 Å². The molecule has 0 aliphatic heterocycles. The van der Waals surface area contributed by atoms with Gasteiger partial charge in [-0.3, -0.25) is 0 Å². The molecule has 0 radical (unpaired) electrons. The van der Waals surface area contributed by atoms with Gasteiger partial charge in [0.05, 0.1) is 16.1 Å². The molecule has 0 aliphatic carbocycles. The highest BCUT2D eigenvalue weighted by atomic mass is 32.2. The number of carbonyl (C=O) groups is 1. The summed E-state index contributed by atoms with van der Waals surface area (Å²) >= 11 is 0. The molecule has 98 valence electrons. The van der Waals surface area contributed by atoms with E-state index in [1.165, 1.54) is 12.1 Å². The van der Waals surface area contributed by atoms with Crippen molar-refractivity contribution in [3.05, 3.63) is 36.4 Å². The van der Waals surface area contributed by atoms with Crippen molar-refractivity contribution in [1.82, 2.24) is 0 Å². The molecule has 6 nitrogen and oxygen atoms in total. The number of anilines is 1.